The number of para-hydroxylation sites is 3. The van der Waals surface area contributed by atoms with E-state index in [1.54, 1.807) is 0 Å². The van der Waals surface area contributed by atoms with Crippen LogP contribution >= 0.6 is 0 Å². The molecule has 27 heavy (non-hydrogen) atoms. The molecule has 1 aromatic heterocycles. The van der Waals surface area contributed by atoms with E-state index in [1.165, 1.54) is 0 Å². The molecule has 0 aliphatic rings. The van der Waals surface area contributed by atoms with Crippen molar-refractivity contribution in [3.05, 3.63) is 95.8 Å². The molecule has 1 amide bonds. The fraction of sp³-hybridized carbons (Fsp3) is 0.130. The number of aromatic nitrogens is 2. The van der Waals surface area contributed by atoms with Crippen LogP contribution in [0.25, 0.3) is 11.0 Å². The van der Waals surface area contributed by atoms with Crippen LogP contribution in [0.4, 0.5) is 5.69 Å². The summed E-state index contributed by atoms with van der Waals surface area (Å²) in [6.45, 7) is 0. The van der Waals surface area contributed by atoms with Crippen molar-refractivity contribution in [2.75, 3.05) is 5.32 Å². The Kier molecular flexibility index (Phi) is 4.71. The topological polar surface area (TPSA) is 46.9 Å². The first-order valence-corrected chi connectivity index (χ1v) is 9.07. The Labute approximate surface area is 158 Å². The highest BCUT2D eigenvalue weighted by Crippen LogP contribution is 2.20. The largest absolute Gasteiger partial charge is 0.331 e. The number of hydrogen-bond acceptors (Lipinski definition) is 2. The lowest BCUT2D eigenvalue weighted by Gasteiger charge is -2.11. The number of aryl methyl sites for hydroxylation is 3. The summed E-state index contributed by atoms with van der Waals surface area (Å²) in [5.41, 5.74) is 4.76. The van der Waals surface area contributed by atoms with E-state index in [0.29, 0.717) is 5.56 Å². The van der Waals surface area contributed by atoms with Crippen molar-refractivity contribution >= 4 is 22.6 Å². The van der Waals surface area contributed by atoms with Crippen molar-refractivity contribution in [2.45, 2.75) is 12.8 Å². The predicted molar refractivity (Wildman–Crippen MR) is 109 cm³/mol. The first-order chi connectivity index (χ1) is 13.2. The van der Waals surface area contributed by atoms with Gasteiger partial charge in [-0.2, -0.15) is 0 Å². The van der Waals surface area contributed by atoms with E-state index in [4.69, 9.17) is 4.98 Å². The molecule has 4 aromatic rings. The first-order valence-electron chi connectivity index (χ1n) is 9.07. The Bertz CT molecular complexity index is 1080. The van der Waals surface area contributed by atoms with Crippen molar-refractivity contribution in [1.82, 2.24) is 9.55 Å². The van der Waals surface area contributed by atoms with Crippen LogP contribution in [0.2, 0.25) is 0 Å². The molecule has 0 aliphatic carbocycles. The Hall–Kier alpha value is -3.40. The van der Waals surface area contributed by atoms with Gasteiger partial charge in [0.25, 0.3) is 5.91 Å². The number of benzene rings is 3. The third-order valence-electron chi connectivity index (χ3n) is 4.80. The quantitative estimate of drug-likeness (QED) is 0.568. The standard InChI is InChI=1S/C23H21N3O/c1-26-21-14-8-7-13-20(21)24-22(26)16-15-17-9-5-6-12-19(17)25-23(27)18-10-3-2-4-11-18/h2-14H,15-16H2,1H3,(H,25,27). The van der Waals surface area contributed by atoms with Crippen LogP contribution in [0.15, 0.2) is 78.9 Å². The van der Waals surface area contributed by atoms with Crippen molar-refractivity contribution in [3.63, 3.8) is 0 Å². The van der Waals surface area contributed by atoms with Gasteiger partial charge >= 0.3 is 0 Å². The third kappa shape index (κ3) is 3.60. The highest BCUT2D eigenvalue weighted by molar-refractivity contribution is 6.04. The van der Waals surface area contributed by atoms with Crippen LogP contribution in [-0.4, -0.2) is 15.5 Å². The number of carbonyl (C=O) groups excluding carboxylic acids is 1. The van der Waals surface area contributed by atoms with E-state index in [-0.39, 0.29) is 5.91 Å². The summed E-state index contributed by atoms with van der Waals surface area (Å²) in [5.74, 6) is 0.950. The number of carbonyl (C=O) groups is 1. The second-order valence-corrected chi connectivity index (χ2v) is 6.55. The molecule has 0 saturated carbocycles. The molecule has 4 heteroatoms. The molecule has 3 aromatic carbocycles. The van der Waals surface area contributed by atoms with Gasteiger partial charge in [-0.25, -0.2) is 4.98 Å². The molecular weight excluding hydrogens is 334 g/mol. The number of fused-ring (bicyclic) bond motifs is 1. The van der Waals surface area contributed by atoms with E-state index in [9.17, 15) is 4.79 Å². The maximum Gasteiger partial charge on any atom is 0.255 e. The van der Waals surface area contributed by atoms with Gasteiger partial charge in [-0.1, -0.05) is 48.5 Å². The number of nitrogens with one attached hydrogen (secondary N) is 1. The number of rotatable bonds is 5. The van der Waals surface area contributed by atoms with Crippen LogP contribution in [0.5, 0.6) is 0 Å². The van der Waals surface area contributed by atoms with Crippen LogP contribution in [0.3, 0.4) is 0 Å². The second-order valence-electron chi connectivity index (χ2n) is 6.55. The minimum absolute atomic E-state index is 0.0919. The van der Waals surface area contributed by atoms with Gasteiger partial charge in [-0.15, -0.1) is 0 Å². The number of imidazole rings is 1. The SMILES string of the molecule is Cn1c(CCc2ccccc2NC(=O)c2ccccc2)nc2ccccc21. The summed E-state index contributed by atoms with van der Waals surface area (Å²) in [7, 11) is 2.05. The Morgan fingerprint density at radius 1 is 0.889 bits per heavy atom. The molecule has 4 rings (SSSR count). The summed E-state index contributed by atoms with van der Waals surface area (Å²) in [5, 5.41) is 3.04. The zero-order valence-electron chi connectivity index (χ0n) is 15.2. The highest BCUT2D eigenvalue weighted by atomic mass is 16.1. The maximum atomic E-state index is 12.5. The molecule has 4 nitrogen and oxygen atoms in total. The van der Waals surface area contributed by atoms with Crippen LogP contribution in [0, 0.1) is 0 Å². The van der Waals surface area contributed by atoms with Crippen LogP contribution in [0.1, 0.15) is 21.7 Å². The molecule has 0 radical (unpaired) electrons. The van der Waals surface area contributed by atoms with E-state index >= 15 is 0 Å². The van der Waals surface area contributed by atoms with Crippen molar-refractivity contribution in [1.29, 1.82) is 0 Å². The number of hydrogen-bond donors (Lipinski definition) is 1. The minimum atomic E-state index is -0.0919. The van der Waals surface area contributed by atoms with Gasteiger partial charge in [-0.05, 0) is 42.3 Å². The van der Waals surface area contributed by atoms with Gasteiger partial charge in [0.15, 0.2) is 0 Å². The van der Waals surface area contributed by atoms with Crippen molar-refractivity contribution < 1.29 is 4.79 Å². The average Bonchev–Trinajstić information content (AvgIpc) is 3.04. The molecule has 0 aliphatic heterocycles. The second kappa shape index (κ2) is 7.46. The van der Waals surface area contributed by atoms with Gasteiger partial charge in [0.2, 0.25) is 0 Å². The smallest absolute Gasteiger partial charge is 0.255 e. The van der Waals surface area contributed by atoms with Gasteiger partial charge in [0.05, 0.1) is 11.0 Å². The Morgan fingerprint density at radius 3 is 2.41 bits per heavy atom. The predicted octanol–water partition coefficient (Wildman–Crippen LogP) is 4.61. The molecule has 0 bridgehead atoms. The lowest BCUT2D eigenvalue weighted by Crippen LogP contribution is -2.13. The van der Waals surface area contributed by atoms with Crippen molar-refractivity contribution in [2.24, 2.45) is 7.05 Å². The maximum absolute atomic E-state index is 12.5. The molecule has 0 saturated heterocycles. The Morgan fingerprint density at radius 2 is 1.59 bits per heavy atom. The zero-order chi connectivity index (χ0) is 18.6. The molecule has 0 fully saturated rings. The molecule has 1 heterocycles. The van der Waals surface area contributed by atoms with Gasteiger partial charge in [0, 0.05) is 24.7 Å². The zero-order valence-corrected chi connectivity index (χ0v) is 15.2. The number of nitrogens with zero attached hydrogens (tertiary/aromatic N) is 2. The fourth-order valence-electron chi connectivity index (χ4n) is 3.31. The normalized spacial score (nSPS) is 10.9. The summed E-state index contributed by atoms with van der Waals surface area (Å²) < 4.78 is 2.14. The monoisotopic (exact) mass is 355 g/mol. The van der Waals surface area contributed by atoms with E-state index < -0.39 is 0 Å². The summed E-state index contributed by atoms with van der Waals surface area (Å²) in [4.78, 5) is 17.2. The van der Waals surface area contributed by atoms with Gasteiger partial charge in [-0.3, -0.25) is 4.79 Å². The summed E-state index contributed by atoms with van der Waals surface area (Å²) in [6, 6.07) is 25.4. The number of amides is 1. The molecule has 0 atom stereocenters. The van der Waals surface area contributed by atoms with Gasteiger partial charge in [0.1, 0.15) is 5.82 Å². The number of anilines is 1. The summed E-state index contributed by atoms with van der Waals surface area (Å²) in [6.07, 6.45) is 1.62. The summed E-state index contributed by atoms with van der Waals surface area (Å²) >= 11 is 0. The average molecular weight is 355 g/mol. The van der Waals surface area contributed by atoms with Crippen LogP contribution in [-0.2, 0) is 19.9 Å². The molecule has 1 N–H and O–H groups in total. The lowest BCUT2D eigenvalue weighted by molar-refractivity contribution is 0.102. The van der Waals surface area contributed by atoms with E-state index in [2.05, 4.69) is 22.0 Å². The minimum Gasteiger partial charge on any atom is -0.331 e. The molecule has 0 unspecified atom stereocenters. The van der Waals surface area contributed by atoms with E-state index in [1.807, 2.05) is 73.8 Å². The highest BCUT2D eigenvalue weighted by Gasteiger charge is 2.11. The van der Waals surface area contributed by atoms with Crippen molar-refractivity contribution in [3.8, 4) is 0 Å². The van der Waals surface area contributed by atoms with Gasteiger partial charge < -0.3 is 9.88 Å². The lowest BCUT2D eigenvalue weighted by atomic mass is 10.1. The Balaban J connectivity index is 1.53. The first kappa shape index (κ1) is 17.0. The fourth-order valence-corrected chi connectivity index (χ4v) is 3.31. The third-order valence-corrected chi connectivity index (χ3v) is 4.80. The molecule has 0 spiro atoms. The van der Waals surface area contributed by atoms with E-state index in [0.717, 1.165) is 41.0 Å². The molecule has 134 valence electrons. The van der Waals surface area contributed by atoms with Crippen LogP contribution < -0.4 is 5.32 Å². The molecular formula is C23H21N3O.